The lowest BCUT2D eigenvalue weighted by Gasteiger charge is -2.57. The second kappa shape index (κ2) is 5.80. The van der Waals surface area contributed by atoms with Crippen molar-refractivity contribution in [2.75, 3.05) is 6.54 Å². The van der Waals surface area contributed by atoms with Crippen molar-refractivity contribution >= 4 is 0 Å². The topological polar surface area (TPSA) is 133 Å². The third-order valence-corrected chi connectivity index (χ3v) is 7.07. The fourth-order valence-corrected chi connectivity index (χ4v) is 6.03. The van der Waals surface area contributed by atoms with Crippen LogP contribution < -0.4 is 21.6 Å². The van der Waals surface area contributed by atoms with Gasteiger partial charge in [0.2, 0.25) is 10.9 Å². The van der Waals surface area contributed by atoms with Gasteiger partial charge in [-0.25, -0.2) is 5.26 Å². The second-order valence-electron chi connectivity index (χ2n) is 8.32. The largest absolute Gasteiger partial charge is 0.508 e. The molecule has 0 aromatic heterocycles. The summed E-state index contributed by atoms with van der Waals surface area (Å²) in [5, 5.41) is 29.5. The Morgan fingerprint density at radius 3 is 2.28 bits per heavy atom. The van der Waals surface area contributed by atoms with Crippen LogP contribution in [-0.2, 0) is 10.3 Å². The van der Waals surface area contributed by atoms with Gasteiger partial charge in [-0.05, 0) is 23.3 Å². The van der Waals surface area contributed by atoms with Crippen molar-refractivity contribution in [2.45, 2.75) is 17.3 Å². The summed E-state index contributed by atoms with van der Waals surface area (Å²) in [4.78, 5) is 47.2. The molecule has 0 radical (unpaired) electrons. The maximum Gasteiger partial charge on any atom is 0.255 e. The summed E-state index contributed by atoms with van der Waals surface area (Å²) in [6, 6.07) is 10.1. The van der Waals surface area contributed by atoms with E-state index >= 15 is 0 Å². The van der Waals surface area contributed by atoms with Gasteiger partial charge in [0.15, 0.2) is 11.1 Å². The molecular weight excluding hydrogens is 414 g/mol. The van der Waals surface area contributed by atoms with E-state index in [0.29, 0.717) is 11.1 Å². The third kappa shape index (κ3) is 1.79. The van der Waals surface area contributed by atoms with Crippen molar-refractivity contribution < 1.29 is 20.4 Å². The predicted octanol–water partition coefficient (Wildman–Crippen LogP) is 0.849. The molecule has 0 saturated carbocycles. The summed E-state index contributed by atoms with van der Waals surface area (Å²) in [7, 11) is 0. The van der Waals surface area contributed by atoms with E-state index in [1.807, 2.05) is 24.3 Å². The van der Waals surface area contributed by atoms with Gasteiger partial charge in [0.25, 0.3) is 5.43 Å². The molecule has 0 saturated heterocycles. The molecule has 158 valence electrons. The normalized spacial score (nSPS) is 23.7. The number of hydrogen-bond acceptors (Lipinski definition) is 8. The Morgan fingerprint density at radius 1 is 0.938 bits per heavy atom. The fourth-order valence-electron chi connectivity index (χ4n) is 6.03. The molecule has 3 aliphatic rings. The average molecular weight is 429 g/mol. The smallest absolute Gasteiger partial charge is 0.255 e. The van der Waals surface area contributed by atoms with Crippen LogP contribution >= 0.6 is 0 Å². The summed E-state index contributed by atoms with van der Waals surface area (Å²) < 4.78 is 0. The first-order valence-corrected chi connectivity index (χ1v) is 9.91. The number of nitrogens with zero attached hydrogens (tertiary/aromatic N) is 1. The highest BCUT2D eigenvalue weighted by Crippen LogP contribution is 2.77. The second-order valence-corrected chi connectivity index (χ2v) is 8.32. The number of rotatable bonds is 3. The molecule has 8 heteroatoms. The maximum absolute atomic E-state index is 13.3. The molecule has 0 aliphatic heterocycles. The molecule has 6 rings (SSSR count). The van der Waals surface area contributed by atoms with Gasteiger partial charge in [-0.2, -0.15) is 0 Å². The van der Waals surface area contributed by atoms with Gasteiger partial charge in [-0.15, -0.1) is 0 Å². The molecule has 3 N–H and O–H groups in total. The standard InChI is InChI=1S/C24H15NO7/c1-9(32-31)8-25-20-21(28)16-18-15-13(27)7-6-12(26)14(15)17-10-4-2-3-5-11(10)24(17,18)19(16)22(29)23(20)30/h2-7,17-18,26-27,31H,1,8H2. The van der Waals surface area contributed by atoms with E-state index in [2.05, 4.69) is 16.5 Å². The number of phenolic OH excluding ortho intramolecular Hbond substituents is 2. The van der Waals surface area contributed by atoms with Crippen LogP contribution in [0.3, 0.4) is 0 Å². The summed E-state index contributed by atoms with van der Waals surface area (Å²) in [6.45, 7) is 3.00. The molecule has 3 unspecified atom stereocenters. The van der Waals surface area contributed by atoms with E-state index < -0.39 is 38.9 Å². The van der Waals surface area contributed by atoms with Crippen LogP contribution in [0, 0.1) is 0 Å². The Kier molecular flexibility index (Phi) is 3.39. The Labute approximate surface area is 179 Å². The molecule has 8 nitrogen and oxygen atoms in total. The first-order valence-electron chi connectivity index (χ1n) is 9.91. The minimum atomic E-state index is -1.03. The van der Waals surface area contributed by atoms with Gasteiger partial charge in [-0.3, -0.25) is 19.4 Å². The molecule has 3 aliphatic carbocycles. The number of benzene rings is 3. The van der Waals surface area contributed by atoms with Gasteiger partial charge < -0.3 is 15.1 Å². The van der Waals surface area contributed by atoms with Gasteiger partial charge in [0.05, 0.1) is 0 Å². The lowest BCUT2D eigenvalue weighted by atomic mass is 9.43. The van der Waals surface area contributed by atoms with Crippen LogP contribution in [0.15, 0.2) is 68.1 Å². The minimum Gasteiger partial charge on any atom is -0.508 e. The molecule has 32 heavy (non-hydrogen) atoms. The Hall–Kier alpha value is -4.04. The monoisotopic (exact) mass is 429 g/mol. The van der Waals surface area contributed by atoms with Crippen molar-refractivity contribution in [1.29, 1.82) is 0 Å². The number of aromatic hydroxyl groups is 2. The van der Waals surface area contributed by atoms with Gasteiger partial charge in [0.1, 0.15) is 18.0 Å². The van der Waals surface area contributed by atoms with Crippen LogP contribution in [0.25, 0.3) is 0 Å². The molecule has 0 amide bonds. The van der Waals surface area contributed by atoms with E-state index in [1.165, 1.54) is 12.1 Å². The summed E-state index contributed by atoms with van der Waals surface area (Å²) in [5.74, 6) is -1.47. The van der Waals surface area contributed by atoms with Gasteiger partial charge in [-0.1, -0.05) is 30.8 Å². The molecule has 0 heterocycles. The zero-order chi connectivity index (χ0) is 22.5. The molecule has 3 aromatic carbocycles. The van der Waals surface area contributed by atoms with Crippen molar-refractivity contribution in [3.63, 3.8) is 0 Å². The first kappa shape index (κ1) is 18.7. The zero-order valence-electron chi connectivity index (χ0n) is 16.5. The SMILES string of the molecule is C=C(CN=c1c(=O)c2c(c(=O)c1=O)C13c4ccccc4C1c1c(O)ccc(O)c1C23)OO. The van der Waals surface area contributed by atoms with Crippen molar-refractivity contribution in [1.82, 2.24) is 0 Å². The van der Waals surface area contributed by atoms with Crippen molar-refractivity contribution in [3.05, 3.63) is 118 Å². The zero-order valence-corrected chi connectivity index (χ0v) is 16.5. The highest BCUT2D eigenvalue weighted by atomic mass is 17.1. The summed E-state index contributed by atoms with van der Waals surface area (Å²) in [5.41, 5.74) is -0.751. The molecular formula is C24H15NO7. The number of hydrogen-bond donors (Lipinski definition) is 3. The van der Waals surface area contributed by atoms with E-state index in [4.69, 9.17) is 5.26 Å². The van der Waals surface area contributed by atoms with Crippen LogP contribution in [0.2, 0.25) is 0 Å². The lowest BCUT2D eigenvalue weighted by Crippen LogP contribution is -2.64. The molecule has 0 fully saturated rings. The summed E-state index contributed by atoms with van der Waals surface area (Å²) >= 11 is 0. The Balaban J connectivity index is 1.73. The van der Waals surface area contributed by atoms with E-state index in [-0.39, 0.29) is 34.9 Å². The van der Waals surface area contributed by atoms with Gasteiger partial charge in [0, 0.05) is 39.5 Å². The Morgan fingerprint density at radius 2 is 1.59 bits per heavy atom. The lowest BCUT2D eigenvalue weighted by molar-refractivity contribution is -0.202. The first-order chi connectivity index (χ1) is 15.4. The van der Waals surface area contributed by atoms with Crippen molar-refractivity contribution in [3.8, 4) is 11.5 Å². The summed E-state index contributed by atoms with van der Waals surface area (Å²) in [6.07, 6.45) is 0. The van der Waals surface area contributed by atoms with Crippen LogP contribution in [0.5, 0.6) is 11.5 Å². The van der Waals surface area contributed by atoms with E-state index in [1.54, 1.807) is 0 Å². The third-order valence-electron chi connectivity index (χ3n) is 7.07. The fraction of sp³-hybridized carbons (Fsp3) is 0.167. The van der Waals surface area contributed by atoms with Gasteiger partial charge >= 0.3 is 0 Å². The predicted molar refractivity (Wildman–Crippen MR) is 112 cm³/mol. The van der Waals surface area contributed by atoms with E-state index in [0.717, 1.165) is 11.1 Å². The maximum atomic E-state index is 13.3. The average Bonchev–Trinajstić information content (AvgIpc) is 2.98. The van der Waals surface area contributed by atoms with Crippen LogP contribution in [0.1, 0.15) is 45.2 Å². The highest BCUT2D eigenvalue weighted by molar-refractivity contribution is 5.81. The Bertz CT molecular complexity index is 1610. The number of phenols is 2. The van der Waals surface area contributed by atoms with Crippen molar-refractivity contribution in [2.24, 2.45) is 4.99 Å². The van der Waals surface area contributed by atoms with E-state index in [9.17, 15) is 24.6 Å². The molecule has 3 atom stereocenters. The van der Waals surface area contributed by atoms with Crippen LogP contribution in [-0.4, -0.2) is 22.0 Å². The highest BCUT2D eigenvalue weighted by Gasteiger charge is 2.72. The van der Waals surface area contributed by atoms with Crippen LogP contribution in [0.4, 0.5) is 0 Å². The molecule has 0 bridgehead atoms. The minimum absolute atomic E-state index is 0.0412. The number of fused-ring (bicyclic) bond motifs is 7. The quantitative estimate of drug-likeness (QED) is 0.185. The molecule has 1 spiro atoms. The molecule has 3 aromatic rings.